The fourth-order valence-electron chi connectivity index (χ4n) is 5.47. The molecular weight excluding hydrogens is 641 g/mol. The van der Waals surface area contributed by atoms with Crippen LogP contribution in [0.4, 0.5) is 0 Å². The van der Waals surface area contributed by atoms with Gasteiger partial charge in [0.05, 0.1) is 0 Å². The monoisotopic (exact) mass is 714 g/mol. The zero-order valence-corrected chi connectivity index (χ0v) is 29.7. The summed E-state index contributed by atoms with van der Waals surface area (Å²) in [4.78, 5) is 23.7. The number of hydrogen-bond acceptors (Lipinski definition) is 6. The van der Waals surface area contributed by atoms with Crippen molar-refractivity contribution in [3.8, 4) is 0 Å². The second kappa shape index (κ2) is 45.2. The average Bonchev–Trinajstić information content (AvgIpc) is 2.99. The Balaban J connectivity index is -0.00000840. The fraction of sp³-hybridized carbons (Fsp3) is 0.944. The van der Waals surface area contributed by atoms with E-state index in [9.17, 15) is 9.59 Å². The van der Waals surface area contributed by atoms with Gasteiger partial charge in [0.1, 0.15) is 0 Å². The minimum absolute atomic E-state index is 0. The Morgan fingerprint density at radius 3 is 0.727 bits per heavy atom. The van der Waals surface area contributed by atoms with E-state index >= 15 is 0 Å². The third-order valence-electron chi connectivity index (χ3n) is 8.25. The van der Waals surface area contributed by atoms with Crippen LogP contribution >= 0.6 is 22.1 Å². The van der Waals surface area contributed by atoms with Gasteiger partial charge in [-0.25, -0.2) is 0 Å². The molecule has 0 amide bonds. The van der Waals surface area contributed by atoms with Crippen LogP contribution in [-0.4, -0.2) is 87.4 Å². The van der Waals surface area contributed by atoms with E-state index in [1.54, 1.807) is 0 Å². The van der Waals surface area contributed by atoms with Crippen molar-refractivity contribution < 1.29 is 18.0 Å². The van der Waals surface area contributed by atoms with Crippen molar-refractivity contribution in [3.05, 3.63) is 0 Å². The Morgan fingerprint density at radius 2 is 0.523 bits per heavy atom. The summed E-state index contributed by atoms with van der Waals surface area (Å²) in [5.41, 5.74) is 0. The number of carbonyl (C=O) groups is 2. The molecule has 0 aromatic rings. The molecule has 0 fully saturated rings. The maximum atomic E-state index is 11.9. The molecule has 4 nitrogen and oxygen atoms in total. The van der Waals surface area contributed by atoms with Crippen molar-refractivity contribution in [2.75, 3.05) is 0 Å². The third kappa shape index (κ3) is 44.2. The molecule has 0 aliphatic carbocycles. The second-order valence-corrected chi connectivity index (χ2v) is 13.9. The van der Waals surface area contributed by atoms with Crippen LogP contribution in [0.25, 0.3) is 0 Å². The minimum atomic E-state index is -0.222. The standard InChI is InChI=1S/C36H70O4S2.2Ca.4H/c1-3-5-7-9-11-13-15-17-19-21-23-25-27-29-31-33-35(37)39-41-42-40-36(38)34-32-30-28-26-24-22-20-18-16-14-12-10-8-6-4-2;;;;;;/h3-34H2,1-2H3;;;;;;. The normalized spacial score (nSPS) is 10.7. The summed E-state index contributed by atoms with van der Waals surface area (Å²) >= 11 is 1.73. The van der Waals surface area contributed by atoms with Crippen LogP contribution in [-0.2, 0) is 18.0 Å². The molecule has 8 heteroatoms. The van der Waals surface area contributed by atoms with Gasteiger partial charge in [-0.3, -0.25) is 9.59 Å². The van der Waals surface area contributed by atoms with E-state index < -0.39 is 0 Å². The number of hydrogen-bond donors (Lipinski definition) is 0. The quantitative estimate of drug-likeness (QED) is 0.0282. The van der Waals surface area contributed by atoms with Crippen LogP contribution in [0.3, 0.4) is 0 Å². The van der Waals surface area contributed by atoms with Crippen molar-refractivity contribution in [2.45, 2.75) is 219 Å². The summed E-state index contributed by atoms with van der Waals surface area (Å²) < 4.78 is 10.2. The van der Waals surface area contributed by atoms with E-state index in [1.165, 1.54) is 167 Å². The number of carbonyl (C=O) groups excluding carboxylic acids is 2. The zero-order valence-electron chi connectivity index (χ0n) is 28.1. The fourth-order valence-corrected chi connectivity index (χ4v) is 6.46. The van der Waals surface area contributed by atoms with Crippen LogP contribution < -0.4 is 0 Å². The van der Waals surface area contributed by atoms with Crippen molar-refractivity contribution in [1.82, 2.24) is 0 Å². The molecule has 0 aliphatic rings. The molecule has 0 rings (SSSR count). The first-order chi connectivity index (χ1) is 20.7. The van der Waals surface area contributed by atoms with Gasteiger partial charge >= 0.3 is 87.4 Å². The molecule has 0 saturated heterocycles. The molecule has 0 aromatic carbocycles. The SMILES string of the molecule is CCCCCCCCCCCCCCCCCC(=O)OSSOC(=O)CCCCCCCCCCCCCCCCC.[CaH2].[CaH2]. The van der Waals surface area contributed by atoms with Gasteiger partial charge in [0.25, 0.3) is 0 Å². The van der Waals surface area contributed by atoms with E-state index in [2.05, 4.69) is 13.8 Å². The molecule has 0 unspecified atom stereocenters. The van der Waals surface area contributed by atoms with E-state index in [4.69, 9.17) is 8.37 Å². The van der Waals surface area contributed by atoms with Gasteiger partial charge in [0, 0.05) is 12.8 Å². The van der Waals surface area contributed by atoms with Crippen LogP contribution in [0.2, 0.25) is 0 Å². The third-order valence-corrected chi connectivity index (χ3v) is 9.39. The van der Waals surface area contributed by atoms with Gasteiger partial charge in [-0.2, -0.15) is 0 Å². The molecule has 0 bridgehead atoms. The molecular formula is C36H74Ca2O4S2. The Labute approximate surface area is 342 Å². The zero-order chi connectivity index (χ0) is 30.6. The van der Waals surface area contributed by atoms with E-state index in [-0.39, 0.29) is 87.4 Å². The molecule has 44 heavy (non-hydrogen) atoms. The van der Waals surface area contributed by atoms with Crippen molar-refractivity contribution in [2.24, 2.45) is 0 Å². The molecule has 0 spiro atoms. The van der Waals surface area contributed by atoms with Gasteiger partial charge in [-0.1, -0.05) is 194 Å². The Hall–Kier alpha value is 2.16. The summed E-state index contributed by atoms with van der Waals surface area (Å²) in [5.74, 6) is -0.443. The van der Waals surface area contributed by atoms with E-state index in [1.807, 2.05) is 0 Å². The van der Waals surface area contributed by atoms with Crippen LogP contribution in [0.1, 0.15) is 219 Å². The van der Waals surface area contributed by atoms with Gasteiger partial charge in [-0.05, 0) is 12.8 Å². The molecule has 0 saturated carbocycles. The van der Waals surface area contributed by atoms with Crippen molar-refractivity contribution in [3.63, 3.8) is 0 Å². The van der Waals surface area contributed by atoms with E-state index in [0.29, 0.717) is 12.8 Å². The van der Waals surface area contributed by atoms with Gasteiger partial charge in [0.15, 0.2) is 22.1 Å². The van der Waals surface area contributed by atoms with Crippen molar-refractivity contribution >= 4 is 110 Å². The summed E-state index contributed by atoms with van der Waals surface area (Å²) in [6.07, 6.45) is 40.2. The number of unbranched alkanes of at least 4 members (excludes halogenated alkanes) is 28. The molecule has 0 aliphatic heterocycles. The molecule has 258 valence electrons. The summed E-state index contributed by atoms with van der Waals surface area (Å²) in [6.45, 7) is 4.55. The molecule has 0 N–H and O–H groups in total. The molecule has 0 heterocycles. The molecule has 0 atom stereocenters. The summed E-state index contributed by atoms with van der Waals surface area (Å²) in [7, 11) is 0. The summed E-state index contributed by atoms with van der Waals surface area (Å²) in [5, 5.41) is 0. The summed E-state index contributed by atoms with van der Waals surface area (Å²) in [6, 6.07) is 0. The van der Waals surface area contributed by atoms with Gasteiger partial charge in [0.2, 0.25) is 0 Å². The Morgan fingerprint density at radius 1 is 0.341 bits per heavy atom. The molecule has 0 aromatic heterocycles. The van der Waals surface area contributed by atoms with Crippen LogP contribution in [0.15, 0.2) is 0 Å². The first-order valence-electron chi connectivity index (χ1n) is 18.4. The van der Waals surface area contributed by atoms with Gasteiger partial charge < -0.3 is 8.37 Å². The number of rotatable bonds is 35. The topological polar surface area (TPSA) is 52.6 Å². The second-order valence-electron chi connectivity index (χ2n) is 12.4. The predicted octanol–water partition coefficient (Wildman–Crippen LogP) is 12.0. The van der Waals surface area contributed by atoms with Crippen LogP contribution in [0.5, 0.6) is 0 Å². The maximum absolute atomic E-state index is 11.9. The van der Waals surface area contributed by atoms with Gasteiger partial charge in [-0.15, -0.1) is 0 Å². The predicted molar refractivity (Wildman–Crippen MR) is 204 cm³/mol. The molecule has 0 radical (unpaired) electrons. The Kier molecular flexibility index (Phi) is 51.9. The first kappa shape index (κ1) is 50.5. The van der Waals surface area contributed by atoms with Crippen molar-refractivity contribution in [1.29, 1.82) is 0 Å². The first-order valence-corrected chi connectivity index (χ1v) is 20.4. The van der Waals surface area contributed by atoms with Crippen LogP contribution in [0, 0.1) is 0 Å². The average molecular weight is 715 g/mol. The van der Waals surface area contributed by atoms with E-state index in [0.717, 1.165) is 47.8 Å². The Bertz CT molecular complexity index is 522.